The van der Waals surface area contributed by atoms with Crippen LogP contribution < -0.4 is 21.3 Å². The van der Waals surface area contributed by atoms with Gasteiger partial charge in [-0.2, -0.15) is 13.2 Å². The van der Waals surface area contributed by atoms with Crippen molar-refractivity contribution in [1.29, 1.82) is 0 Å². The van der Waals surface area contributed by atoms with Gasteiger partial charge in [-0.15, -0.1) is 0 Å². The summed E-state index contributed by atoms with van der Waals surface area (Å²) in [6.07, 6.45) is -4.36. The standard InChI is InChI=1S/C66H109ClF3N11O14/c1-21-42(9)56-62(91)76(16)34-54(84)75(15)35-55(85)78(18)51(37-94-28-27-39(3)4)61(90)81(22-2)33-52(82)72-47(26-24-44-23-25-45(46(67)32-44)66(68,69)70)60(89)79(19)50(36-95-38-64(11,12)93)59(88)74-65(13,14)63(92)80(20)49(30-41(7)8)57(86)71-43(10)31-53(83)77(17)48(29-40(5)6)58(87)73-56/h23,25,32,39-43,47-51,56,93H,21-22,24,26-31,33-38H2,1-20H3,(H,71,86)(H,72,82)(H,73,87)(H,74,88)/t42-,43+,47-,48-,49+,50-,51-,56-/m0/s1. The van der Waals surface area contributed by atoms with Gasteiger partial charge in [-0.1, -0.05) is 79.5 Å². The molecular formula is C66H109ClF3N11O14. The third-order valence-electron chi connectivity index (χ3n) is 16.6. The van der Waals surface area contributed by atoms with Crippen LogP contribution in [-0.2, 0) is 74.8 Å². The Morgan fingerprint density at radius 2 is 1.20 bits per heavy atom. The molecule has 0 bridgehead atoms. The van der Waals surface area contributed by atoms with Gasteiger partial charge in [0.1, 0.15) is 41.8 Å². The Morgan fingerprint density at radius 3 is 1.73 bits per heavy atom. The lowest BCUT2D eigenvalue weighted by molar-refractivity contribution is -0.151. The molecule has 0 saturated carbocycles. The fourth-order valence-corrected chi connectivity index (χ4v) is 10.8. The molecule has 1 heterocycles. The van der Waals surface area contributed by atoms with Gasteiger partial charge in [-0.25, -0.2) is 0 Å². The zero-order valence-corrected chi connectivity index (χ0v) is 60.3. The molecule has 0 radical (unpaired) electrons. The van der Waals surface area contributed by atoms with Crippen LogP contribution in [0.2, 0.25) is 5.02 Å². The first-order chi connectivity index (χ1) is 43.8. The lowest BCUT2D eigenvalue weighted by Crippen LogP contribution is -2.63. The van der Waals surface area contributed by atoms with Crippen molar-refractivity contribution < 1.29 is 80.5 Å². The van der Waals surface area contributed by atoms with Gasteiger partial charge in [0.25, 0.3) is 0 Å². The smallest absolute Gasteiger partial charge is 0.388 e. The average Bonchev–Trinajstić information content (AvgIpc) is 0.832. The predicted molar refractivity (Wildman–Crippen MR) is 353 cm³/mol. The fourth-order valence-electron chi connectivity index (χ4n) is 10.4. The Hall–Kier alpha value is -6.65. The predicted octanol–water partition coefficient (Wildman–Crippen LogP) is 4.13. The van der Waals surface area contributed by atoms with Gasteiger partial charge in [0.15, 0.2) is 0 Å². The van der Waals surface area contributed by atoms with E-state index >= 15 is 4.79 Å². The van der Waals surface area contributed by atoms with Gasteiger partial charge in [-0.3, -0.25) is 52.7 Å². The van der Waals surface area contributed by atoms with Crippen LogP contribution in [0.3, 0.4) is 0 Å². The Morgan fingerprint density at radius 1 is 0.653 bits per heavy atom. The maximum atomic E-state index is 15.1. The third kappa shape index (κ3) is 26.7. The zero-order chi connectivity index (χ0) is 72.9. The number of ether oxygens (including phenoxy) is 2. The number of carbonyl (C=O) groups excluding carboxylic acids is 11. The van der Waals surface area contributed by atoms with Gasteiger partial charge >= 0.3 is 6.18 Å². The van der Waals surface area contributed by atoms with Crippen LogP contribution in [0.1, 0.15) is 147 Å². The van der Waals surface area contributed by atoms with Crippen LogP contribution in [0.4, 0.5) is 13.2 Å². The van der Waals surface area contributed by atoms with Gasteiger partial charge in [0.2, 0.25) is 65.0 Å². The van der Waals surface area contributed by atoms with Crippen molar-refractivity contribution in [2.75, 3.05) is 94.9 Å². The average molecular weight is 1370 g/mol. The molecule has 540 valence electrons. The van der Waals surface area contributed by atoms with E-state index in [0.29, 0.717) is 12.8 Å². The van der Waals surface area contributed by atoms with E-state index in [-0.39, 0.29) is 81.8 Å². The Bertz CT molecular complexity index is 2800. The van der Waals surface area contributed by atoms with Crippen molar-refractivity contribution in [3.63, 3.8) is 0 Å². The molecule has 29 heteroatoms. The molecule has 1 fully saturated rings. The molecule has 25 nitrogen and oxygen atoms in total. The van der Waals surface area contributed by atoms with Crippen LogP contribution in [0.15, 0.2) is 18.2 Å². The number of alkyl halides is 3. The SMILES string of the molecule is CC[C@H](C)[C@@H]1NC(=O)[C@H](CC(C)C)N(C)C(=O)C[C@@H](C)NC(=O)[C@@H](CC(C)C)N(C)C(=O)C(C)(C)NC(=O)[C@H](COCC(C)(C)O)N(C)C(=O)[C@H](CCc2ccc(C(F)(F)F)c(Cl)c2)NC(=O)CN(CC)C(=O)[C@H](COCCC(C)C)N(C)C(=O)CN(C)C(=O)CN(C)C1=O. The summed E-state index contributed by atoms with van der Waals surface area (Å²) in [5.41, 5.74) is -4.21. The minimum absolute atomic E-state index is 0.107. The van der Waals surface area contributed by atoms with Crippen LogP contribution in [0, 0.1) is 23.7 Å². The van der Waals surface area contributed by atoms with Crippen LogP contribution in [-0.4, -0.2) is 253 Å². The number of carbonyl (C=O) groups is 11. The summed E-state index contributed by atoms with van der Waals surface area (Å²) in [5, 5.41) is 21.0. The highest BCUT2D eigenvalue weighted by Gasteiger charge is 2.43. The zero-order valence-electron chi connectivity index (χ0n) is 59.6. The lowest BCUT2D eigenvalue weighted by atomic mass is 9.95. The van der Waals surface area contributed by atoms with E-state index in [1.807, 2.05) is 48.5 Å². The summed E-state index contributed by atoms with van der Waals surface area (Å²) in [5.74, 6) is -8.92. The number of halogens is 4. The number of nitrogens with zero attached hydrogens (tertiary/aromatic N) is 7. The molecule has 0 unspecified atom stereocenters. The van der Waals surface area contributed by atoms with Gasteiger partial charge in [0, 0.05) is 67.9 Å². The van der Waals surface area contributed by atoms with Crippen molar-refractivity contribution in [2.24, 2.45) is 23.7 Å². The number of benzene rings is 1. The highest BCUT2D eigenvalue weighted by atomic mass is 35.5. The number of rotatable bonds is 19. The molecule has 0 spiro atoms. The first-order valence-corrected chi connectivity index (χ1v) is 33.0. The molecule has 1 aliphatic rings. The van der Waals surface area contributed by atoms with Crippen molar-refractivity contribution in [1.82, 2.24) is 55.6 Å². The van der Waals surface area contributed by atoms with E-state index in [1.165, 1.54) is 74.9 Å². The molecule has 2 rings (SSSR count). The number of likely N-dealkylation sites (N-methyl/N-ethyl adjacent to an activating group) is 7. The Kier molecular flexibility index (Phi) is 33.6. The van der Waals surface area contributed by atoms with Crippen molar-refractivity contribution >= 4 is 76.6 Å². The highest BCUT2D eigenvalue weighted by molar-refractivity contribution is 6.31. The van der Waals surface area contributed by atoms with E-state index in [4.69, 9.17) is 21.1 Å². The van der Waals surface area contributed by atoms with E-state index in [1.54, 1.807) is 20.8 Å². The highest BCUT2D eigenvalue weighted by Crippen LogP contribution is 2.35. The van der Waals surface area contributed by atoms with E-state index in [9.17, 15) is 66.2 Å². The van der Waals surface area contributed by atoms with Crippen molar-refractivity contribution in [3.05, 3.63) is 34.3 Å². The first kappa shape index (κ1) is 84.4. The number of nitrogens with one attached hydrogen (secondary N) is 4. The number of hydrogen-bond donors (Lipinski definition) is 5. The van der Waals surface area contributed by atoms with Crippen LogP contribution >= 0.6 is 11.6 Å². The molecule has 5 N–H and O–H groups in total. The second-order valence-electron chi connectivity index (χ2n) is 27.6. The van der Waals surface area contributed by atoms with E-state index < -0.39 is 167 Å². The molecule has 1 aromatic carbocycles. The Balaban J connectivity index is 2.96. The second kappa shape index (κ2) is 37.8. The van der Waals surface area contributed by atoms with Crippen molar-refractivity contribution in [2.45, 2.75) is 201 Å². The number of amides is 11. The number of aliphatic hydroxyl groups is 1. The molecule has 95 heavy (non-hydrogen) atoms. The molecule has 0 aromatic heterocycles. The normalized spacial score (nSPS) is 23.4. The minimum atomic E-state index is -4.80. The van der Waals surface area contributed by atoms with Crippen molar-refractivity contribution in [3.8, 4) is 0 Å². The van der Waals surface area contributed by atoms with Crippen LogP contribution in [0.25, 0.3) is 0 Å². The molecule has 1 aliphatic heterocycles. The quantitative estimate of drug-likeness (QED) is 0.122. The van der Waals surface area contributed by atoms with Gasteiger partial charge in [0.05, 0.1) is 55.6 Å². The molecule has 1 aromatic rings. The molecule has 11 amide bonds. The topological polar surface area (TPSA) is 297 Å². The molecular weight excluding hydrogens is 1260 g/mol. The van der Waals surface area contributed by atoms with Gasteiger partial charge in [-0.05, 0) is 115 Å². The lowest BCUT2D eigenvalue weighted by Gasteiger charge is -2.38. The molecule has 0 aliphatic carbocycles. The number of aryl methyl sites for hydroxylation is 1. The molecule has 1 saturated heterocycles. The summed E-state index contributed by atoms with van der Waals surface area (Å²) >= 11 is 6.10. The second-order valence-corrected chi connectivity index (χ2v) is 28.1. The van der Waals surface area contributed by atoms with Crippen LogP contribution in [0.5, 0.6) is 0 Å². The summed E-state index contributed by atoms with van der Waals surface area (Å²) in [6, 6.07) is -6.00. The van der Waals surface area contributed by atoms with Gasteiger partial charge < -0.3 is 70.1 Å². The monoisotopic (exact) mass is 1370 g/mol. The third-order valence-corrected chi connectivity index (χ3v) is 17.0. The maximum absolute atomic E-state index is 15.1. The molecule has 8 atom stereocenters. The van der Waals surface area contributed by atoms with E-state index in [0.717, 1.165) is 47.6 Å². The first-order valence-electron chi connectivity index (χ1n) is 32.6. The summed E-state index contributed by atoms with van der Waals surface area (Å²) < 4.78 is 53.2. The summed E-state index contributed by atoms with van der Waals surface area (Å²) in [6.45, 7) is 20.4. The fraction of sp³-hybridized carbons (Fsp3) is 0.742. The Labute approximate surface area is 564 Å². The summed E-state index contributed by atoms with van der Waals surface area (Å²) in [7, 11) is 8.03. The van der Waals surface area contributed by atoms with E-state index in [2.05, 4.69) is 21.3 Å². The largest absolute Gasteiger partial charge is 0.417 e. The number of hydrogen-bond acceptors (Lipinski definition) is 14. The maximum Gasteiger partial charge on any atom is 0.417 e. The summed E-state index contributed by atoms with van der Waals surface area (Å²) in [4.78, 5) is 167. The minimum Gasteiger partial charge on any atom is -0.388 e.